The van der Waals surface area contributed by atoms with E-state index < -0.39 is 0 Å². The number of aliphatic hydroxyl groups is 1. The van der Waals surface area contributed by atoms with Crippen molar-refractivity contribution in [3.8, 4) is 0 Å². The molecule has 0 radical (unpaired) electrons. The van der Waals surface area contributed by atoms with E-state index in [1.165, 1.54) is 12.8 Å². The van der Waals surface area contributed by atoms with Gasteiger partial charge in [0.1, 0.15) is 0 Å². The maximum absolute atomic E-state index is 12.0. The van der Waals surface area contributed by atoms with E-state index in [2.05, 4.69) is 17.1 Å². The minimum absolute atomic E-state index is 0.0715. The zero-order valence-electron chi connectivity index (χ0n) is 12.0. The Morgan fingerprint density at radius 3 is 2.50 bits per heavy atom. The summed E-state index contributed by atoms with van der Waals surface area (Å²) < 4.78 is 0. The van der Waals surface area contributed by atoms with Crippen LogP contribution in [0.25, 0.3) is 0 Å². The minimum Gasteiger partial charge on any atom is -0.395 e. The number of carbonyl (C=O) groups is 1. The number of hydrogen-bond acceptors (Lipinski definition) is 3. The van der Waals surface area contributed by atoms with Crippen LogP contribution < -0.4 is 5.32 Å². The molecule has 0 saturated heterocycles. The Morgan fingerprint density at radius 1 is 1.39 bits per heavy atom. The van der Waals surface area contributed by atoms with Gasteiger partial charge in [0, 0.05) is 18.1 Å². The molecule has 0 bridgehead atoms. The largest absolute Gasteiger partial charge is 0.395 e. The van der Waals surface area contributed by atoms with Crippen LogP contribution in [0.5, 0.6) is 0 Å². The van der Waals surface area contributed by atoms with E-state index >= 15 is 0 Å². The van der Waals surface area contributed by atoms with Gasteiger partial charge < -0.3 is 10.4 Å². The van der Waals surface area contributed by atoms with E-state index in [0.717, 1.165) is 19.3 Å². The fraction of sp³-hybridized carbons (Fsp3) is 0.929. The molecule has 2 N–H and O–H groups in total. The first kappa shape index (κ1) is 15.4. The van der Waals surface area contributed by atoms with Crippen molar-refractivity contribution in [1.82, 2.24) is 10.2 Å². The number of aliphatic hydroxyl groups excluding tert-OH is 1. The van der Waals surface area contributed by atoms with Crippen molar-refractivity contribution in [2.24, 2.45) is 0 Å². The SMILES string of the molecule is CCC(C)(C)NC(=O)CN(CCO)C1CCCC1. The van der Waals surface area contributed by atoms with Crippen molar-refractivity contribution in [3.05, 3.63) is 0 Å². The summed E-state index contributed by atoms with van der Waals surface area (Å²) in [4.78, 5) is 14.2. The van der Waals surface area contributed by atoms with Gasteiger partial charge >= 0.3 is 0 Å². The van der Waals surface area contributed by atoms with Crippen molar-refractivity contribution >= 4 is 5.91 Å². The van der Waals surface area contributed by atoms with Crippen LogP contribution in [0.1, 0.15) is 52.9 Å². The third-order valence-corrected chi connectivity index (χ3v) is 3.94. The summed E-state index contributed by atoms with van der Waals surface area (Å²) in [5, 5.41) is 12.2. The van der Waals surface area contributed by atoms with Gasteiger partial charge in [-0.15, -0.1) is 0 Å². The molecule has 0 aromatic rings. The van der Waals surface area contributed by atoms with E-state index in [9.17, 15) is 4.79 Å². The summed E-state index contributed by atoms with van der Waals surface area (Å²) in [5.74, 6) is 0.0715. The molecule has 0 aliphatic heterocycles. The maximum Gasteiger partial charge on any atom is 0.234 e. The van der Waals surface area contributed by atoms with Crippen LogP contribution >= 0.6 is 0 Å². The number of rotatable bonds is 7. The molecular formula is C14H28N2O2. The highest BCUT2D eigenvalue weighted by molar-refractivity contribution is 5.78. The lowest BCUT2D eigenvalue weighted by atomic mass is 10.0. The summed E-state index contributed by atoms with van der Waals surface area (Å²) in [6.45, 7) is 7.29. The molecule has 0 aromatic carbocycles. The van der Waals surface area contributed by atoms with Crippen molar-refractivity contribution < 1.29 is 9.90 Å². The lowest BCUT2D eigenvalue weighted by Gasteiger charge is -2.30. The van der Waals surface area contributed by atoms with Gasteiger partial charge in [0.25, 0.3) is 0 Å². The van der Waals surface area contributed by atoms with E-state index in [-0.39, 0.29) is 18.1 Å². The molecule has 0 spiro atoms. The Bertz CT molecular complexity index is 261. The van der Waals surface area contributed by atoms with Crippen molar-refractivity contribution in [2.45, 2.75) is 64.5 Å². The van der Waals surface area contributed by atoms with Gasteiger partial charge in [-0.05, 0) is 33.1 Å². The van der Waals surface area contributed by atoms with E-state index in [0.29, 0.717) is 19.1 Å². The molecule has 1 aliphatic carbocycles. The Morgan fingerprint density at radius 2 is 2.00 bits per heavy atom. The molecule has 1 aliphatic rings. The van der Waals surface area contributed by atoms with E-state index in [1.807, 2.05) is 13.8 Å². The highest BCUT2D eigenvalue weighted by Gasteiger charge is 2.25. The highest BCUT2D eigenvalue weighted by atomic mass is 16.3. The molecule has 18 heavy (non-hydrogen) atoms. The summed E-state index contributed by atoms with van der Waals surface area (Å²) in [5.41, 5.74) is -0.141. The molecule has 0 atom stereocenters. The van der Waals surface area contributed by atoms with Crippen molar-refractivity contribution in [2.75, 3.05) is 19.7 Å². The van der Waals surface area contributed by atoms with Crippen LogP contribution in [-0.2, 0) is 4.79 Å². The van der Waals surface area contributed by atoms with Crippen molar-refractivity contribution in [1.29, 1.82) is 0 Å². The van der Waals surface area contributed by atoms with E-state index in [1.54, 1.807) is 0 Å². The van der Waals surface area contributed by atoms with Crippen LogP contribution in [0.4, 0.5) is 0 Å². The first-order valence-electron chi connectivity index (χ1n) is 7.14. The van der Waals surface area contributed by atoms with Gasteiger partial charge in [-0.1, -0.05) is 19.8 Å². The summed E-state index contributed by atoms with van der Waals surface area (Å²) in [6.07, 6.45) is 5.72. The molecule has 1 fully saturated rings. The van der Waals surface area contributed by atoms with Crippen LogP contribution in [0.3, 0.4) is 0 Å². The average Bonchev–Trinajstić information content (AvgIpc) is 2.81. The summed E-state index contributed by atoms with van der Waals surface area (Å²) in [7, 11) is 0. The number of hydrogen-bond donors (Lipinski definition) is 2. The summed E-state index contributed by atoms with van der Waals surface area (Å²) in [6, 6.07) is 0.479. The molecule has 1 rings (SSSR count). The Kier molecular flexibility index (Phi) is 6.09. The fourth-order valence-electron chi connectivity index (χ4n) is 2.48. The molecule has 0 heterocycles. The second kappa shape index (κ2) is 7.10. The third-order valence-electron chi connectivity index (χ3n) is 3.94. The van der Waals surface area contributed by atoms with Crippen LogP contribution in [-0.4, -0.2) is 47.2 Å². The number of nitrogens with zero attached hydrogens (tertiary/aromatic N) is 1. The number of amides is 1. The lowest BCUT2D eigenvalue weighted by Crippen LogP contribution is -2.49. The standard InChI is InChI=1S/C14H28N2O2/c1-4-14(2,3)15-13(18)11-16(9-10-17)12-7-5-6-8-12/h12,17H,4-11H2,1-3H3,(H,15,18). The first-order valence-corrected chi connectivity index (χ1v) is 7.14. The lowest BCUT2D eigenvalue weighted by molar-refractivity contribution is -0.124. The molecular weight excluding hydrogens is 228 g/mol. The van der Waals surface area contributed by atoms with E-state index in [4.69, 9.17) is 5.11 Å². The van der Waals surface area contributed by atoms with Gasteiger partial charge in [-0.2, -0.15) is 0 Å². The normalized spacial score (nSPS) is 17.4. The minimum atomic E-state index is -0.141. The van der Waals surface area contributed by atoms with Gasteiger partial charge in [0.05, 0.1) is 13.2 Å². The van der Waals surface area contributed by atoms with Gasteiger partial charge in [0.15, 0.2) is 0 Å². The Labute approximate surface area is 111 Å². The molecule has 4 nitrogen and oxygen atoms in total. The fourth-order valence-corrected chi connectivity index (χ4v) is 2.48. The summed E-state index contributed by atoms with van der Waals surface area (Å²) >= 11 is 0. The number of nitrogens with one attached hydrogen (secondary N) is 1. The van der Waals surface area contributed by atoms with Gasteiger partial charge in [0.2, 0.25) is 5.91 Å². The predicted molar refractivity (Wildman–Crippen MR) is 73.4 cm³/mol. The molecule has 1 saturated carbocycles. The first-order chi connectivity index (χ1) is 8.48. The zero-order valence-corrected chi connectivity index (χ0v) is 12.0. The second-order valence-electron chi connectivity index (χ2n) is 5.92. The van der Waals surface area contributed by atoms with Crippen LogP contribution in [0, 0.1) is 0 Å². The highest BCUT2D eigenvalue weighted by Crippen LogP contribution is 2.23. The molecule has 106 valence electrons. The molecule has 1 amide bonds. The monoisotopic (exact) mass is 256 g/mol. The quantitative estimate of drug-likeness (QED) is 0.726. The second-order valence-corrected chi connectivity index (χ2v) is 5.92. The molecule has 4 heteroatoms. The zero-order chi connectivity index (χ0) is 13.6. The molecule has 0 unspecified atom stereocenters. The van der Waals surface area contributed by atoms with Crippen LogP contribution in [0.15, 0.2) is 0 Å². The van der Waals surface area contributed by atoms with Crippen LogP contribution in [0.2, 0.25) is 0 Å². The predicted octanol–water partition coefficient (Wildman–Crippen LogP) is 1.53. The maximum atomic E-state index is 12.0. The van der Waals surface area contributed by atoms with Gasteiger partial charge in [-0.25, -0.2) is 0 Å². The van der Waals surface area contributed by atoms with Gasteiger partial charge in [-0.3, -0.25) is 9.69 Å². The number of carbonyl (C=O) groups excluding carboxylic acids is 1. The smallest absolute Gasteiger partial charge is 0.234 e. The Balaban J connectivity index is 2.47. The third kappa shape index (κ3) is 4.94. The topological polar surface area (TPSA) is 52.6 Å². The average molecular weight is 256 g/mol. The molecule has 0 aromatic heterocycles. The Hall–Kier alpha value is -0.610. The van der Waals surface area contributed by atoms with Crippen molar-refractivity contribution in [3.63, 3.8) is 0 Å².